The second-order valence-electron chi connectivity index (χ2n) is 8.82. The molecule has 2 amide bonds. The lowest BCUT2D eigenvalue weighted by Crippen LogP contribution is -2.37. The molecule has 0 radical (unpaired) electrons. The summed E-state index contributed by atoms with van der Waals surface area (Å²) in [4.78, 5) is 24.6. The van der Waals surface area contributed by atoms with Gasteiger partial charge in [-0.3, -0.25) is 9.69 Å². The van der Waals surface area contributed by atoms with Gasteiger partial charge < -0.3 is 40.2 Å². The molecule has 3 aromatic rings. The van der Waals surface area contributed by atoms with Gasteiger partial charge in [0, 0.05) is 19.6 Å². The molecule has 3 rings (SSSR count). The molecule has 0 aliphatic carbocycles. The molecular weight excluding hydrogens is 518 g/mol. The number of alkyl carbamates (subject to hydrolysis) is 1. The average molecular weight is 554 g/mol. The fourth-order valence-electron chi connectivity index (χ4n) is 3.74. The van der Waals surface area contributed by atoms with E-state index in [1.807, 2.05) is 35.2 Å². The van der Waals surface area contributed by atoms with Gasteiger partial charge in [-0.1, -0.05) is 30.3 Å². The number of hydrogen-bond donors (Lipinski definition) is 4. The summed E-state index contributed by atoms with van der Waals surface area (Å²) in [6.07, 6.45) is -1.30. The molecule has 0 fully saturated rings. The van der Waals surface area contributed by atoms with E-state index >= 15 is 0 Å². The van der Waals surface area contributed by atoms with E-state index in [4.69, 9.17) is 19.9 Å². The SMILES string of the molecule is COC(=O)NCCOc1ccc(OCC(O)CN(CCOc2ccc(O)c(C(N)=O)c2)Cc2ccccc2)cc1. The van der Waals surface area contributed by atoms with Crippen molar-refractivity contribution in [1.82, 2.24) is 10.2 Å². The van der Waals surface area contributed by atoms with E-state index in [2.05, 4.69) is 10.1 Å². The maximum atomic E-state index is 11.5. The first-order valence-electron chi connectivity index (χ1n) is 12.7. The number of carbonyl (C=O) groups is 2. The predicted octanol–water partition coefficient (Wildman–Crippen LogP) is 2.55. The highest BCUT2D eigenvalue weighted by molar-refractivity contribution is 5.95. The zero-order valence-electron chi connectivity index (χ0n) is 22.3. The molecule has 0 saturated heterocycles. The van der Waals surface area contributed by atoms with Gasteiger partial charge in [0.25, 0.3) is 5.91 Å². The molecule has 11 heteroatoms. The van der Waals surface area contributed by atoms with Crippen molar-refractivity contribution in [3.8, 4) is 23.0 Å². The van der Waals surface area contributed by atoms with Gasteiger partial charge >= 0.3 is 6.09 Å². The number of aliphatic hydroxyl groups excluding tert-OH is 1. The molecule has 0 bridgehead atoms. The number of ether oxygens (including phenoxy) is 4. The van der Waals surface area contributed by atoms with Crippen molar-refractivity contribution in [3.05, 3.63) is 83.9 Å². The molecular formula is C29H35N3O8. The van der Waals surface area contributed by atoms with Crippen LogP contribution in [0.2, 0.25) is 0 Å². The first-order chi connectivity index (χ1) is 19.3. The van der Waals surface area contributed by atoms with Gasteiger partial charge in [-0.15, -0.1) is 0 Å². The third-order valence-corrected chi connectivity index (χ3v) is 5.72. The van der Waals surface area contributed by atoms with Gasteiger partial charge in [0.05, 0.1) is 19.2 Å². The molecule has 0 aromatic heterocycles. The van der Waals surface area contributed by atoms with Crippen LogP contribution in [0.5, 0.6) is 23.0 Å². The van der Waals surface area contributed by atoms with E-state index in [1.54, 1.807) is 30.3 Å². The number of nitrogens with two attached hydrogens (primary N) is 1. The van der Waals surface area contributed by atoms with Gasteiger partial charge in [-0.2, -0.15) is 0 Å². The monoisotopic (exact) mass is 553 g/mol. The van der Waals surface area contributed by atoms with E-state index < -0.39 is 18.1 Å². The van der Waals surface area contributed by atoms with E-state index in [-0.39, 0.29) is 31.1 Å². The van der Waals surface area contributed by atoms with Crippen LogP contribution in [-0.4, -0.2) is 79.8 Å². The third-order valence-electron chi connectivity index (χ3n) is 5.72. The predicted molar refractivity (Wildman–Crippen MR) is 148 cm³/mol. The number of methoxy groups -OCH3 is 1. The first kappa shape index (κ1) is 30.1. The maximum absolute atomic E-state index is 11.5. The van der Waals surface area contributed by atoms with Gasteiger partial charge in [-0.05, 0) is 48.0 Å². The van der Waals surface area contributed by atoms with Gasteiger partial charge in [0.1, 0.15) is 48.9 Å². The summed E-state index contributed by atoms with van der Waals surface area (Å²) in [5, 5.41) is 23.0. The quantitative estimate of drug-likeness (QED) is 0.196. The molecule has 0 heterocycles. The smallest absolute Gasteiger partial charge is 0.406 e. The zero-order chi connectivity index (χ0) is 28.7. The average Bonchev–Trinajstić information content (AvgIpc) is 2.96. The van der Waals surface area contributed by atoms with Crippen LogP contribution in [0.1, 0.15) is 15.9 Å². The third kappa shape index (κ3) is 10.4. The highest BCUT2D eigenvalue weighted by atomic mass is 16.5. The summed E-state index contributed by atoms with van der Waals surface area (Å²) in [5.74, 6) is 0.651. The van der Waals surface area contributed by atoms with Crippen molar-refractivity contribution in [1.29, 1.82) is 0 Å². The minimum Gasteiger partial charge on any atom is -0.507 e. The van der Waals surface area contributed by atoms with Crippen LogP contribution < -0.4 is 25.3 Å². The Morgan fingerprint density at radius 1 is 0.925 bits per heavy atom. The highest BCUT2D eigenvalue weighted by Gasteiger charge is 2.15. The molecule has 214 valence electrons. The van der Waals surface area contributed by atoms with Crippen LogP contribution in [0.3, 0.4) is 0 Å². The van der Waals surface area contributed by atoms with E-state index in [1.165, 1.54) is 19.2 Å². The van der Waals surface area contributed by atoms with Crippen molar-refractivity contribution in [3.63, 3.8) is 0 Å². The number of aromatic hydroxyl groups is 1. The molecule has 0 saturated carbocycles. The Labute approximate surface area is 233 Å². The van der Waals surface area contributed by atoms with Crippen molar-refractivity contribution in [2.24, 2.45) is 5.73 Å². The first-order valence-corrected chi connectivity index (χ1v) is 12.7. The van der Waals surface area contributed by atoms with Gasteiger partial charge in [-0.25, -0.2) is 4.79 Å². The molecule has 0 spiro atoms. The Morgan fingerprint density at radius 3 is 2.25 bits per heavy atom. The number of benzene rings is 3. The fourth-order valence-corrected chi connectivity index (χ4v) is 3.74. The van der Waals surface area contributed by atoms with E-state index in [9.17, 15) is 19.8 Å². The molecule has 11 nitrogen and oxygen atoms in total. The number of carbonyl (C=O) groups excluding carboxylic acids is 2. The number of nitrogens with zero attached hydrogens (tertiary/aromatic N) is 1. The van der Waals surface area contributed by atoms with Crippen LogP contribution in [0.15, 0.2) is 72.8 Å². The van der Waals surface area contributed by atoms with Crippen LogP contribution in [-0.2, 0) is 11.3 Å². The minimum absolute atomic E-state index is 0.0126. The maximum Gasteiger partial charge on any atom is 0.406 e. The topological polar surface area (TPSA) is 153 Å². The Hall–Kier alpha value is -4.48. The van der Waals surface area contributed by atoms with Crippen molar-refractivity contribution in [2.75, 3.05) is 46.6 Å². The number of hydrogen-bond acceptors (Lipinski definition) is 9. The standard InChI is InChI=1S/C29H35N3O8/c1-37-29(36)31-13-15-38-23-7-9-24(10-8-23)40-20-22(33)19-32(18-21-5-3-2-4-6-21)14-16-39-25-11-12-27(34)26(17-25)28(30)35/h2-12,17,22,33-34H,13-16,18-20H2,1H3,(H2,30,35)(H,31,36). The van der Waals surface area contributed by atoms with Gasteiger partial charge in [0.15, 0.2) is 0 Å². The summed E-state index contributed by atoms with van der Waals surface area (Å²) in [6, 6.07) is 21.1. The lowest BCUT2D eigenvalue weighted by atomic mass is 10.2. The Kier molecular flexibility index (Phi) is 11.9. The second kappa shape index (κ2) is 15.8. The highest BCUT2D eigenvalue weighted by Crippen LogP contribution is 2.22. The van der Waals surface area contributed by atoms with Crippen LogP contribution in [0.25, 0.3) is 0 Å². The summed E-state index contributed by atoms with van der Waals surface area (Å²) in [5.41, 5.74) is 6.36. The Bertz CT molecular complexity index is 1210. The normalized spacial score (nSPS) is 11.5. The second-order valence-corrected chi connectivity index (χ2v) is 8.82. The molecule has 0 aliphatic heterocycles. The largest absolute Gasteiger partial charge is 0.507 e. The summed E-state index contributed by atoms with van der Waals surface area (Å²) < 4.78 is 21.6. The number of nitrogens with one attached hydrogen (secondary N) is 1. The lowest BCUT2D eigenvalue weighted by molar-refractivity contribution is 0.0604. The number of amides is 2. The van der Waals surface area contributed by atoms with E-state index in [0.717, 1.165) is 5.56 Å². The van der Waals surface area contributed by atoms with Gasteiger partial charge in [0.2, 0.25) is 0 Å². The molecule has 1 unspecified atom stereocenters. The zero-order valence-corrected chi connectivity index (χ0v) is 22.3. The summed E-state index contributed by atoms with van der Waals surface area (Å²) in [7, 11) is 1.30. The van der Waals surface area contributed by atoms with Crippen LogP contribution in [0.4, 0.5) is 4.79 Å². The molecule has 3 aromatic carbocycles. The number of aliphatic hydroxyl groups is 1. The lowest BCUT2D eigenvalue weighted by Gasteiger charge is -2.25. The molecule has 5 N–H and O–H groups in total. The number of rotatable bonds is 16. The number of primary amides is 1. The van der Waals surface area contributed by atoms with E-state index in [0.29, 0.717) is 43.4 Å². The summed E-state index contributed by atoms with van der Waals surface area (Å²) >= 11 is 0. The molecule has 0 aliphatic rings. The fraction of sp³-hybridized carbons (Fsp3) is 0.310. The van der Waals surface area contributed by atoms with Crippen molar-refractivity contribution in [2.45, 2.75) is 12.6 Å². The summed E-state index contributed by atoms with van der Waals surface area (Å²) in [6.45, 7) is 2.35. The van der Waals surface area contributed by atoms with Crippen molar-refractivity contribution < 1.29 is 38.7 Å². The Balaban J connectivity index is 1.49. The molecule has 1 atom stereocenters. The minimum atomic E-state index is -0.779. The molecule has 40 heavy (non-hydrogen) atoms. The van der Waals surface area contributed by atoms with Crippen LogP contribution in [0, 0.1) is 0 Å². The van der Waals surface area contributed by atoms with Crippen molar-refractivity contribution >= 4 is 12.0 Å². The number of phenols is 1. The Morgan fingerprint density at radius 2 is 1.57 bits per heavy atom. The van der Waals surface area contributed by atoms with Crippen LogP contribution >= 0.6 is 0 Å².